The van der Waals surface area contributed by atoms with Gasteiger partial charge in [-0.15, -0.1) is 24.0 Å². The summed E-state index contributed by atoms with van der Waals surface area (Å²) in [4.78, 5) is 11.6. The second-order valence-electron chi connectivity index (χ2n) is 9.28. The van der Waals surface area contributed by atoms with Crippen LogP contribution < -0.4 is 5.32 Å². The highest BCUT2D eigenvalue weighted by molar-refractivity contribution is 14.0. The van der Waals surface area contributed by atoms with Crippen LogP contribution in [0.15, 0.2) is 35.3 Å². The Morgan fingerprint density at radius 2 is 1.69 bits per heavy atom. The third-order valence-corrected chi connectivity index (χ3v) is 8.99. The Kier molecular flexibility index (Phi) is 10.7. The van der Waals surface area contributed by atoms with Crippen LogP contribution in [-0.4, -0.2) is 99.0 Å². The molecule has 0 saturated carbocycles. The topological polar surface area (TPSA) is 68.2 Å². The Morgan fingerprint density at radius 1 is 1.03 bits per heavy atom. The number of benzene rings is 1. The van der Waals surface area contributed by atoms with E-state index in [-0.39, 0.29) is 29.7 Å². The highest BCUT2D eigenvalue weighted by atomic mass is 127. The van der Waals surface area contributed by atoms with Gasteiger partial charge < -0.3 is 15.1 Å². The third kappa shape index (κ3) is 7.56. The van der Waals surface area contributed by atoms with Crippen molar-refractivity contribution >= 4 is 39.8 Å². The number of rotatable bonds is 7. The van der Waals surface area contributed by atoms with E-state index in [0.29, 0.717) is 13.1 Å². The van der Waals surface area contributed by atoms with Crippen molar-refractivity contribution in [3.05, 3.63) is 35.9 Å². The number of sulfone groups is 1. The van der Waals surface area contributed by atoms with E-state index < -0.39 is 14.6 Å². The molecule has 0 unspecified atom stereocenters. The highest BCUT2D eigenvalue weighted by Gasteiger charge is 2.40. The fourth-order valence-electron chi connectivity index (χ4n) is 4.33. The van der Waals surface area contributed by atoms with Gasteiger partial charge in [-0.1, -0.05) is 30.3 Å². The second-order valence-corrected chi connectivity index (χ2v) is 12.0. The van der Waals surface area contributed by atoms with Gasteiger partial charge in [0, 0.05) is 59.4 Å². The first-order chi connectivity index (χ1) is 14.8. The summed E-state index contributed by atoms with van der Waals surface area (Å²) in [6.45, 7) is 12.2. The molecule has 0 radical (unpaired) electrons. The van der Waals surface area contributed by atoms with E-state index in [1.807, 2.05) is 0 Å². The Hall–Kier alpha value is -0.910. The van der Waals surface area contributed by atoms with Crippen LogP contribution in [0.4, 0.5) is 0 Å². The summed E-state index contributed by atoms with van der Waals surface area (Å²) in [5.41, 5.74) is 1.39. The zero-order chi connectivity index (χ0) is 22.3. The number of hydrogen-bond acceptors (Lipinski definition) is 5. The predicted molar refractivity (Wildman–Crippen MR) is 144 cm³/mol. The normalized spacial score (nSPS) is 21.7. The van der Waals surface area contributed by atoms with Crippen molar-refractivity contribution in [2.45, 2.75) is 38.0 Å². The zero-order valence-electron chi connectivity index (χ0n) is 19.8. The standard InChI is InChI=1S/C23H39N5O2S.HI/c1-23(2)20-28(17-18-31(23,29)30)22(24-3)25-11-7-8-12-26-13-15-27(16-14-26)19-21-9-5-4-6-10-21;/h4-6,9-10H,7-8,11-20H2,1-3H3,(H,24,25);1H. The van der Waals surface area contributed by atoms with Crippen molar-refractivity contribution in [3.63, 3.8) is 0 Å². The molecule has 0 bridgehead atoms. The molecule has 2 aliphatic rings. The first kappa shape index (κ1) is 27.3. The maximum atomic E-state index is 12.2. The number of unbranched alkanes of at least 4 members (excludes halogenated alkanes) is 1. The van der Waals surface area contributed by atoms with Crippen LogP contribution in [0.25, 0.3) is 0 Å². The van der Waals surface area contributed by atoms with E-state index in [4.69, 9.17) is 0 Å². The fraction of sp³-hybridized carbons (Fsp3) is 0.696. The number of nitrogens with one attached hydrogen (secondary N) is 1. The van der Waals surface area contributed by atoms with E-state index in [9.17, 15) is 8.42 Å². The SMILES string of the molecule is CN=C(NCCCCN1CCN(Cc2ccccc2)CC1)N1CCS(=O)(=O)C(C)(C)C1.I. The van der Waals surface area contributed by atoms with Crippen LogP contribution in [0.3, 0.4) is 0 Å². The van der Waals surface area contributed by atoms with Gasteiger partial charge >= 0.3 is 0 Å². The van der Waals surface area contributed by atoms with E-state index >= 15 is 0 Å². The van der Waals surface area contributed by atoms with Gasteiger partial charge in [0.25, 0.3) is 0 Å². The lowest BCUT2D eigenvalue weighted by Crippen LogP contribution is -2.57. The number of piperazine rings is 1. The van der Waals surface area contributed by atoms with Crippen molar-refractivity contribution in [1.82, 2.24) is 20.0 Å². The Morgan fingerprint density at radius 3 is 2.31 bits per heavy atom. The molecular weight excluding hydrogens is 537 g/mol. The molecule has 9 heteroatoms. The molecule has 3 rings (SSSR count). The van der Waals surface area contributed by atoms with Gasteiger partial charge in [-0.3, -0.25) is 9.89 Å². The van der Waals surface area contributed by atoms with Crippen LogP contribution in [0.2, 0.25) is 0 Å². The van der Waals surface area contributed by atoms with Gasteiger partial charge in [-0.05, 0) is 38.8 Å². The van der Waals surface area contributed by atoms with Crippen molar-refractivity contribution in [2.75, 3.05) is 65.2 Å². The van der Waals surface area contributed by atoms with E-state index in [2.05, 4.69) is 55.3 Å². The van der Waals surface area contributed by atoms with Crippen molar-refractivity contribution in [2.24, 2.45) is 4.99 Å². The van der Waals surface area contributed by atoms with Crippen LogP contribution in [0.1, 0.15) is 32.3 Å². The Labute approximate surface area is 211 Å². The first-order valence-electron chi connectivity index (χ1n) is 11.5. The molecule has 0 aliphatic carbocycles. The molecule has 0 amide bonds. The molecule has 32 heavy (non-hydrogen) atoms. The smallest absolute Gasteiger partial charge is 0.193 e. The molecule has 1 aromatic rings. The van der Waals surface area contributed by atoms with Gasteiger partial charge in [-0.2, -0.15) is 0 Å². The first-order valence-corrected chi connectivity index (χ1v) is 13.1. The molecule has 2 fully saturated rings. The second kappa shape index (κ2) is 12.5. The number of halogens is 1. The summed E-state index contributed by atoms with van der Waals surface area (Å²) in [5, 5.41) is 3.43. The van der Waals surface area contributed by atoms with Gasteiger partial charge in [0.05, 0.1) is 10.5 Å². The minimum atomic E-state index is -3.03. The van der Waals surface area contributed by atoms with Crippen LogP contribution in [0, 0.1) is 0 Å². The number of hydrogen-bond donors (Lipinski definition) is 1. The summed E-state index contributed by atoms with van der Waals surface area (Å²) in [6, 6.07) is 10.7. The lowest BCUT2D eigenvalue weighted by atomic mass is 10.2. The molecule has 1 aromatic carbocycles. The number of guanidine groups is 1. The van der Waals surface area contributed by atoms with Crippen molar-refractivity contribution < 1.29 is 8.42 Å². The fourth-order valence-corrected chi connectivity index (χ4v) is 5.70. The average molecular weight is 578 g/mol. The molecular formula is C23H40IN5O2S. The third-order valence-electron chi connectivity index (χ3n) is 6.45. The minimum Gasteiger partial charge on any atom is -0.356 e. The lowest BCUT2D eigenvalue weighted by Gasteiger charge is -2.39. The summed E-state index contributed by atoms with van der Waals surface area (Å²) in [7, 11) is -1.26. The Balaban J connectivity index is 0.00000363. The molecule has 2 aliphatic heterocycles. The van der Waals surface area contributed by atoms with Crippen LogP contribution >= 0.6 is 24.0 Å². The number of nitrogens with zero attached hydrogens (tertiary/aromatic N) is 4. The highest BCUT2D eigenvalue weighted by Crippen LogP contribution is 2.23. The maximum absolute atomic E-state index is 12.2. The lowest BCUT2D eigenvalue weighted by molar-refractivity contribution is 0.126. The molecule has 2 saturated heterocycles. The molecule has 182 valence electrons. The molecule has 0 atom stereocenters. The summed E-state index contributed by atoms with van der Waals surface area (Å²) >= 11 is 0. The quantitative estimate of drug-likeness (QED) is 0.232. The van der Waals surface area contributed by atoms with E-state index in [0.717, 1.165) is 64.6 Å². The summed E-state index contributed by atoms with van der Waals surface area (Å²) in [6.07, 6.45) is 2.24. The molecule has 0 aromatic heterocycles. The summed E-state index contributed by atoms with van der Waals surface area (Å²) < 4.78 is 23.7. The van der Waals surface area contributed by atoms with E-state index in [1.165, 1.54) is 5.56 Å². The van der Waals surface area contributed by atoms with Gasteiger partial charge in [0.15, 0.2) is 15.8 Å². The minimum absolute atomic E-state index is 0. The van der Waals surface area contributed by atoms with E-state index in [1.54, 1.807) is 20.9 Å². The average Bonchev–Trinajstić information content (AvgIpc) is 2.75. The van der Waals surface area contributed by atoms with Gasteiger partial charge in [-0.25, -0.2) is 8.42 Å². The Bertz CT molecular complexity index is 824. The van der Waals surface area contributed by atoms with Crippen molar-refractivity contribution in [3.8, 4) is 0 Å². The van der Waals surface area contributed by atoms with Crippen molar-refractivity contribution in [1.29, 1.82) is 0 Å². The molecule has 2 heterocycles. The predicted octanol–water partition coefficient (Wildman–Crippen LogP) is 2.29. The molecule has 7 nitrogen and oxygen atoms in total. The molecule has 1 N–H and O–H groups in total. The summed E-state index contributed by atoms with van der Waals surface area (Å²) in [5.74, 6) is 1.01. The van der Waals surface area contributed by atoms with Gasteiger partial charge in [0.2, 0.25) is 0 Å². The van der Waals surface area contributed by atoms with Crippen LogP contribution in [-0.2, 0) is 16.4 Å². The monoisotopic (exact) mass is 577 g/mol. The van der Waals surface area contributed by atoms with Gasteiger partial charge in [0.1, 0.15) is 0 Å². The number of aliphatic imine (C=N–C) groups is 1. The maximum Gasteiger partial charge on any atom is 0.193 e. The zero-order valence-corrected chi connectivity index (χ0v) is 22.9. The molecule has 0 spiro atoms. The largest absolute Gasteiger partial charge is 0.356 e. The van der Waals surface area contributed by atoms with Crippen LogP contribution in [0.5, 0.6) is 0 Å².